The van der Waals surface area contributed by atoms with Crippen molar-refractivity contribution in [1.82, 2.24) is 15.3 Å². The Morgan fingerprint density at radius 2 is 2.04 bits per heavy atom. The normalized spacial score (nSPS) is 12.0. The largest absolute Gasteiger partial charge is 0.496 e. The molecule has 28 heavy (non-hydrogen) atoms. The highest BCUT2D eigenvalue weighted by molar-refractivity contribution is 7.18. The van der Waals surface area contributed by atoms with Gasteiger partial charge in [0.25, 0.3) is 0 Å². The summed E-state index contributed by atoms with van der Waals surface area (Å²) in [6.07, 6.45) is 2.31. The van der Waals surface area contributed by atoms with E-state index in [2.05, 4.69) is 40.5 Å². The number of rotatable bonds is 7. The molecule has 1 amide bonds. The maximum Gasteiger partial charge on any atom is 0.242 e. The van der Waals surface area contributed by atoms with Gasteiger partial charge in [0.05, 0.1) is 12.5 Å². The first-order valence-corrected chi connectivity index (χ1v) is 10.1. The summed E-state index contributed by atoms with van der Waals surface area (Å²) in [7, 11) is 1.67. The van der Waals surface area contributed by atoms with Gasteiger partial charge < -0.3 is 15.4 Å². The number of benzene rings is 1. The number of carbonyl (C=O) groups excluding carboxylic acids is 1. The molecule has 3 rings (SSSR count). The number of nitrogens with zero attached hydrogens (tertiary/aromatic N) is 2. The first-order valence-electron chi connectivity index (χ1n) is 9.29. The van der Waals surface area contributed by atoms with Crippen LogP contribution in [0, 0.1) is 20.8 Å². The fraction of sp³-hybridized carbons (Fsp3) is 0.381. The summed E-state index contributed by atoms with van der Waals surface area (Å²) < 4.78 is 5.28. The molecule has 1 unspecified atom stereocenters. The van der Waals surface area contributed by atoms with Crippen molar-refractivity contribution in [3.63, 3.8) is 0 Å². The Kier molecular flexibility index (Phi) is 6.14. The number of thiophene rings is 1. The smallest absolute Gasteiger partial charge is 0.242 e. The highest BCUT2D eigenvalue weighted by atomic mass is 32.1. The highest BCUT2D eigenvalue weighted by Crippen LogP contribution is 2.32. The molecule has 2 heterocycles. The lowest BCUT2D eigenvalue weighted by Gasteiger charge is -2.15. The van der Waals surface area contributed by atoms with Gasteiger partial charge in [0.2, 0.25) is 5.91 Å². The third-order valence-electron chi connectivity index (χ3n) is 4.88. The quantitative estimate of drug-likeness (QED) is 0.633. The van der Waals surface area contributed by atoms with E-state index < -0.39 is 6.04 Å². The predicted molar refractivity (Wildman–Crippen MR) is 114 cm³/mol. The number of ether oxygens (including phenoxy) is 1. The van der Waals surface area contributed by atoms with Gasteiger partial charge in [0.15, 0.2) is 0 Å². The van der Waals surface area contributed by atoms with Gasteiger partial charge in [0, 0.05) is 11.4 Å². The minimum Gasteiger partial charge on any atom is -0.496 e. The van der Waals surface area contributed by atoms with Crippen molar-refractivity contribution in [1.29, 1.82) is 0 Å². The van der Waals surface area contributed by atoms with Gasteiger partial charge in [-0.3, -0.25) is 4.79 Å². The highest BCUT2D eigenvalue weighted by Gasteiger charge is 2.17. The number of amides is 1. The molecular weight excluding hydrogens is 372 g/mol. The molecule has 2 aromatic heterocycles. The van der Waals surface area contributed by atoms with E-state index in [1.165, 1.54) is 16.8 Å². The SMILES string of the molecule is COc1ccc(CCNC(=O)C(C)Nc2ncnc3sc(C)c(C)c23)cc1C. The molecule has 1 aromatic carbocycles. The van der Waals surface area contributed by atoms with E-state index in [-0.39, 0.29) is 5.91 Å². The number of methoxy groups -OCH3 is 1. The minimum absolute atomic E-state index is 0.0541. The van der Waals surface area contributed by atoms with E-state index in [1.54, 1.807) is 18.4 Å². The van der Waals surface area contributed by atoms with Gasteiger partial charge in [-0.05, 0) is 56.9 Å². The predicted octanol–water partition coefficient (Wildman–Crippen LogP) is 3.78. The molecule has 0 aliphatic heterocycles. The summed E-state index contributed by atoms with van der Waals surface area (Å²) in [6, 6.07) is 5.68. The van der Waals surface area contributed by atoms with Crippen molar-refractivity contribution < 1.29 is 9.53 Å². The van der Waals surface area contributed by atoms with Gasteiger partial charge in [0.1, 0.15) is 28.8 Å². The van der Waals surface area contributed by atoms with Crippen LogP contribution in [-0.4, -0.2) is 35.6 Å². The zero-order chi connectivity index (χ0) is 20.3. The fourth-order valence-electron chi connectivity index (χ4n) is 3.14. The Labute approximate surface area is 169 Å². The van der Waals surface area contributed by atoms with Crippen LogP contribution in [0.2, 0.25) is 0 Å². The summed E-state index contributed by atoms with van der Waals surface area (Å²) in [5, 5.41) is 7.23. The van der Waals surface area contributed by atoms with Gasteiger partial charge in [-0.25, -0.2) is 9.97 Å². The lowest BCUT2D eigenvalue weighted by atomic mass is 10.1. The van der Waals surface area contributed by atoms with Gasteiger partial charge >= 0.3 is 0 Å². The van der Waals surface area contributed by atoms with Crippen LogP contribution in [0.4, 0.5) is 5.82 Å². The molecule has 2 N–H and O–H groups in total. The van der Waals surface area contributed by atoms with E-state index >= 15 is 0 Å². The summed E-state index contributed by atoms with van der Waals surface area (Å²) >= 11 is 1.64. The molecule has 0 spiro atoms. The maximum absolute atomic E-state index is 12.5. The number of hydrogen-bond donors (Lipinski definition) is 2. The fourth-order valence-corrected chi connectivity index (χ4v) is 4.14. The Morgan fingerprint density at radius 1 is 1.25 bits per heavy atom. The van der Waals surface area contributed by atoms with Crippen LogP contribution in [0.25, 0.3) is 10.2 Å². The van der Waals surface area contributed by atoms with Gasteiger partial charge in [-0.1, -0.05) is 12.1 Å². The van der Waals surface area contributed by atoms with E-state index in [1.807, 2.05) is 26.0 Å². The van der Waals surface area contributed by atoms with Crippen LogP contribution in [0.1, 0.15) is 28.5 Å². The van der Waals surface area contributed by atoms with Crippen LogP contribution in [0.5, 0.6) is 5.75 Å². The van der Waals surface area contributed by atoms with Crippen molar-refractivity contribution in [2.75, 3.05) is 19.0 Å². The number of hydrogen-bond acceptors (Lipinski definition) is 6. The molecule has 6 nitrogen and oxygen atoms in total. The van der Waals surface area contributed by atoms with Crippen molar-refractivity contribution in [3.05, 3.63) is 46.1 Å². The Hall–Kier alpha value is -2.67. The van der Waals surface area contributed by atoms with E-state index in [4.69, 9.17) is 4.74 Å². The maximum atomic E-state index is 12.5. The van der Waals surface area contributed by atoms with Crippen molar-refractivity contribution in [3.8, 4) is 5.75 Å². The first-order chi connectivity index (χ1) is 13.4. The standard InChI is InChI=1S/C21H26N4O2S/c1-12-10-16(6-7-17(12)27-5)8-9-22-20(26)14(3)25-19-18-13(2)15(4)28-21(18)24-11-23-19/h6-7,10-11,14H,8-9H2,1-5H3,(H,22,26)(H,23,24,25). The van der Waals surface area contributed by atoms with Crippen LogP contribution in [0.15, 0.2) is 24.5 Å². The third-order valence-corrected chi connectivity index (χ3v) is 6.00. The molecule has 0 aliphatic rings. The number of carbonyl (C=O) groups is 1. The summed E-state index contributed by atoms with van der Waals surface area (Å²) in [5.41, 5.74) is 3.42. The van der Waals surface area contributed by atoms with E-state index in [0.29, 0.717) is 12.4 Å². The molecular formula is C21H26N4O2S. The topological polar surface area (TPSA) is 76.1 Å². The lowest BCUT2D eigenvalue weighted by Crippen LogP contribution is -2.38. The molecule has 3 aromatic rings. The molecule has 0 radical (unpaired) electrons. The zero-order valence-corrected chi connectivity index (χ0v) is 17.7. The second-order valence-corrected chi connectivity index (χ2v) is 8.10. The summed E-state index contributed by atoms with van der Waals surface area (Å²) in [4.78, 5) is 23.3. The average molecular weight is 399 g/mol. The first kappa shape index (κ1) is 20.1. The van der Waals surface area contributed by atoms with Crippen molar-refractivity contribution >= 4 is 33.3 Å². The van der Waals surface area contributed by atoms with Crippen LogP contribution in [0.3, 0.4) is 0 Å². The van der Waals surface area contributed by atoms with Crippen molar-refractivity contribution in [2.24, 2.45) is 0 Å². The molecule has 0 aliphatic carbocycles. The van der Waals surface area contributed by atoms with Gasteiger partial charge in [-0.2, -0.15) is 0 Å². The number of aryl methyl sites for hydroxylation is 3. The molecule has 148 valence electrons. The Balaban J connectivity index is 1.59. The number of fused-ring (bicyclic) bond motifs is 1. The second-order valence-electron chi connectivity index (χ2n) is 6.90. The monoisotopic (exact) mass is 398 g/mol. The van der Waals surface area contributed by atoms with Crippen LogP contribution in [-0.2, 0) is 11.2 Å². The molecule has 0 fully saturated rings. The average Bonchev–Trinajstić information content (AvgIpc) is 2.96. The van der Waals surface area contributed by atoms with E-state index in [9.17, 15) is 4.79 Å². The van der Waals surface area contributed by atoms with Crippen LogP contribution >= 0.6 is 11.3 Å². The molecule has 1 atom stereocenters. The lowest BCUT2D eigenvalue weighted by molar-refractivity contribution is -0.121. The zero-order valence-electron chi connectivity index (χ0n) is 16.9. The number of anilines is 1. The summed E-state index contributed by atoms with van der Waals surface area (Å²) in [5.74, 6) is 1.53. The third kappa shape index (κ3) is 4.25. The molecule has 0 saturated carbocycles. The van der Waals surface area contributed by atoms with Gasteiger partial charge in [-0.15, -0.1) is 11.3 Å². The van der Waals surface area contributed by atoms with E-state index in [0.717, 1.165) is 33.5 Å². The summed E-state index contributed by atoms with van der Waals surface area (Å²) in [6.45, 7) is 8.57. The Bertz CT molecular complexity index is 999. The second kappa shape index (κ2) is 8.56. The molecule has 0 bridgehead atoms. The van der Waals surface area contributed by atoms with Crippen LogP contribution < -0.4 is 15.4 Å². The molecule has 7 heteroatoms. The Morgan fingerprint density at radius 3 is 2.75 bits per heavy atom. The number of nitrogens with one attached hydrogen (secondary N) is 2. The minimum atomic E-state index is -0.393. The molecule has 0 saturated heterocycles. The van der Waals surface area contributed by atoms with Crippen molar-refractivity contribution in [2.45, 2.75) is 40.2 Å². The number of aromatic nitrogens is 2.